The minimum atomic E-state index is 0.485. The van der Waals surface area contributed by atoms with Crippen LogP contribution in [0.25, 0.3) is 6.08 Å². The van der Waals surface area contributed by atoms with Crippen molar-refractivity contribution < 1.29 is 4.74 Å². The number of rotatable bonds is 1. The molecule has 86 valence electrons. The van der Waals surface area contributed by atoms with Crippen LogP contribution >= 0.6 is 0 Å². The van der Waals surface area contributed by atoms with Crippen LogP contribution in [0.1, 0.15) is 43.5 Å². The van der Waals surface area contributed by atoms with Gasteiger partial charge >= 0.3 is 0 Å². The fourth-order valence-corrected chi connectivity index (χ4v) is 2.50. The summed E-state index contributed by atoms with van der Waals surface area (Å²) in [6.07, 6.45) is 7.97. The number of nitrogens with zero attached hydrogens (tertiary/aromatic N) is 2. The normalized spacial score (nSPS) is 29.6. The van der Waals surface area contributed by atoms with Crippen molar-refractivity contribution in [3.05, 3.63) is 23.5 Å². The van der Waals surface area contributed by atoms with Gasteiger partial charge in [-0.3, -0.25) is 4.68 Å². The molecule has 2 fully saturated rings. The van der Waals surface area contributed by atoms with Crippen molar-refractivity contribution in [1.29, 1.82) is 0 Å². The highest BCUT2D eigenvalue weighted by Crippen LogP contribution is 2.52. The molecule has 1 saturated heterocycles. The highest BCUT2D eigenvalue weighted by atomic mass is 16.5. The Morgan fingerprint density at radius 1 is 1.38 bits per heavy atom. The van der Waals surface area contributed by atoms with Gasteiger partial charge in [0.25, 0.3) is 0 Å². The Kier molecular flexibility index (Phi) is 2.36. The molecule has 3 nitrogen and oxygen atoms in total. The number of allylic oxidation sites excluding steroid dienone is 1. The van der Waals surface area contributed by atoms with Crippen LogP contribution in [0.2, 0.25) is 0 Å². The van der Waals surface area contributed by atoms with E-state index in [0.29, 0.717) is 6.04 Å². The van der Waals surface area contributed by atoms with E-state index in [4.69, 9.17) is 4.74 Å². The van der Waals surface area contributed by atoms with Crippen LogP contribution < -0.4 is 0 Å². The lowest BCUT2D eigenvalue weighted by atomic mass is 10.0. The van der Waals surface area contributed by atoms with Crippen molar-refractivity contribution in [2.75, 3.05) is 13.2 Å². The molecule has 0 radical (unpaired) electrons. The van der Waals surface area contributed by atoms with Gasteiger partial charge in [-0.2, -0.15) is 5.10 Å². The molecule has 3 heteroatoms. The number of ether oxygens (including phenoxy) is 1. The Bertz CT molecular complexity index is 418. The summed E-state index contributed by atoms with van der Waals surface area (Å²) in [4.78, 5) is 0. The van der Waals surface area contributed by atoms with Crippen LogP contribution in [0, 0.1) is 5.92 Å². The molecule has 0 amide bonds. The molecule has 3 aliphatic rings. The molecule has 2 atom stereocenters. The first-order chi connectivity index (χ1) is 7.93. The average molecular weight is 218 g/mol. The zero-order chi connectivity index (χ0) is 11.1. The molecule has 0 spiro atoms. The summed E-state index contributed by atoms with van der Waals surface area (Å²) in [6, 6.07) is 0.485. The minimum absolute atomic E-state index is 0.485. The first-order valence-corrected chi connectivity index (χ1v) is 6.27. The van der Waals surface area contributed by atoms with Crippen molar-refractivity contribution in [2.45, 2.75) is 32.2 Å². The highest BCUT2D eigenvalue weighted by molar-refractivity contribution is 5.57. The number of hydrogen-bond donors (Lipinski definition) is 0. The molecule has 4 rings (SSSR count). The van der Waals surface area contributed by atoms with Gasteiger partial charge in [-0.15, -0.1) is 0 Å². The number of hydrogen-bond acceptors (Lipinski definition) is 2. The van der Waals surface area contributed by atoms with Crippen LogP contribution in [0.15, 0.2) is 12.3 Å². The summed E-state index contributed by atoms with van der Waals surface area (Å²) < 4.78 is 7.34. The van der Waals surface area contributed by atoms with E-state index in [1.807, 2.05) is 13.8 Å². The summed E-state index contributed by atoms with van der Waals surface area (Å²) in [5, 5.41) is 4.48. The summed E-state index contributed by atoms with van der Waals surface area (Å²) in [5.41, 5.74) is 2.79. The van der Waals surface area contributed by atoms with E-state index < -0.39 is 0 Å². The Labute approximate surface area is 96.1 Å². The van der Waals surface area contributed by atoms with Gasteiger partial charge in [0, 0.05) is 5.56 Å². The van der Waals surface area contributed by atoms with Crippen LogP contribution in [0.4, 0.5) is 0 Å². The second-order valence-electron chi connectivity index (χ2n) is 4.49. The van der Waals surface area contributed by atoms with Gasteiger partial charge in [-0.1, -0.05) is 19.9 Å². The molecule has 1 aromatic heterocycles. The van der Waals surface area contributed by atoms with Crippen LogP contribution in [0.5, 0.6) is 0 Å². The van der Waals surface area contributed by atoms with Gasteiger partial charge in [-0.05, 0) is 24.3 Å². The summed E-state index contributed by atoms with van der Waals surface area (Å²) in [5.74, 6) is 1.60. The molecule has 2 unspecified atom stereocenters. The topological polar surface area (TPSA) is 27.1 Å². The molecule has 2 heterocycles. The zero-order valence-electron chi connectivity index (χ0n) is 9.89. The second-order valence-corrected chi connectivity index (χ2v) is 4.49. The SMILES string of the molecule is C1=CC2CC2c2cnn(C3COC3)c21.CC. The van der Waals surface area contributed by atoms with Crippen molar-refractivity contribution in [3.63, 3.8) is 0 Å². The summed E-state index contributed by atoms with van der Waals surface area (Å²) in [6.45, 7) is 5.66. The van der Waals surface area contributed by atoms with Gasteiger partial charge in [0.2, 0.25) is 0 Å². The smallest absolute Gasteiger partial charge is 0.0992 e. The summed E-state index contributed by atoms with van der Waals surface area (Å²) in [7, 11) is 0. The molecule has 1 saturated carbocycles. The molecular weight excluding hydrogens is 200 g/mol. The standard InChI is InChI=1S/C11H12N2O.C2H6/c1-2-11-10(9-3-7(1)9)4-12-13(11)8-5-14-6-8;1-2/h1-2,4,7-9H,3,5-6H2;1-2H3. The fourth-order valence-electron chi connectivity index (χ4n) is 2.50. The van der Waals surface area contributed by atoms with Crippen LogP contribution in [0.3, 0.4) is 0 Å². The third-order valence-electron chi connectivity index (χ3n) is 3.57. The maximum absolute atomic E-state index is 5.20. The molecule has 16 heavy (non-hydrogen) atoms. The number of fused-ring (bicyclic) bond motifs is 3. The second kappa shape index (κ2) is 3.74. The average Bonchev–Trinajstić information content (AvgIpc) is 2.95. The lowest BCUT2D eigenvalue weighted by Gasteiger charge is -2.27. The van der Waals surface area contributed by atoms with E-state index in [1.165, 1.54) is 17.7 Å². The predicted octanol–water partition coefficient (Wildman–Crippen LogP) is 2.61. The van der Waals surface area contributed by atoms with Gasteiger partial charge in [-0.25, -0.2) is 0 Å². The number of aromatic nitrogens is 2. The third-order valence-corrected chi connectivity index (χ3v) is 3.57. The zero-order valence-corrected chi connectivity index (χ0v) is 9.89. The Hall–Kier alpha value is -1.09. The van der Waals surface area contributed by atoms with Gasteiger partial charge in [0.05, 0.1) is 31.1 Å². The Morgan fingerprint density at radius 3 is 2.88 bits per heavy atom. The van der Waals surface area contributed by atoms with Crippen molar-refractivity contribution >= 4 is 6.08 Å². The van der Waals surface area contributed by atoms with E-state index in [9.17, 15) is 0 Å². The first kappa shape index (κ1) is 10.1. The molecule has 2 aliphatic carbocycles. The maximum atomic E-state index is 5.20. The summed E-state index contributed by atoms with van der Waals surface area (Å²) >= 11 is 0. The molecule has 0 bridgehead atoms. The molecular formula is C13H18N2O. The highest BCUT2D eigenvalue weighted by Gasteiger charge is 2.42. The minimum Gasteiger partial charge on any atom is -0.377 e. The molecule has 0 aromatic carbocycles. The molecule has 0 N–H and O–H groups in total. The van der Waals surface area contributed by atoms with Crippen LogP contribution in [-0.2, 0) is 4.74 Å². The van der Waals surface area contributed by atoms with E-state index in [1.54, 1.807) is 0 Å². The van der Waals surface area contributed by atoms with E-state index in [2.05, 4.69) is 28.1 Å². The van der Waals surface area contributed by atoms with Crippen molar-refractivity contribution in [2.24, 2.45) is 5.92 Å². The molecule has 1 aromatic rings. The van der Waals surface area contributed by atoms with E-state index in [-0.39, 0.29) is 0 Å². The fraction of sp³-hybridized carbons (Fsp3) is 0.615. The lowest BCUT2D eigenvalue weighted by Crippen LogP contribution is -2.32. The van der Waals surface area contributed by atoms with Crippen molar-refractivity contribution in [1.82, 2.24) is 9.78 Å². The van der Waals surface area contributed by atoms with Gasteiger partial charge < -0.3 is 4.74 Å². The van der Waals surface area contributed by atoms with Crippen LogP contribution in [-0.4, -0.2) is 23.0 Å². The van der Waals surface area contributed by atoms with Crippen molar-refractivity contribution in [3.8, 4) is 0 Å². The monoisotopic (exact) mass is 218 g/mol. The third kappa shape index (κ3) is 1.34. The molecule has 1 aliphatic heterocycles. The first-order valence-electron chi connectivity index (χ1n) is 6.27. The largest absolute Gasteiger partial charge is 0.377 e. The Balaban J connectivity index is 0.000000386. The lowest BCUT2D eigenvalue weighted by molar-refractivity contribution is -0.0289. The van der Waals surface area contributed by atoms with E-state index >= 15 is 0 Å². The van der Waals surface area contributed by atoms with Gasteiger partial charge in [0.1, 0.15) is 0 Å². The maximum Gasteiger partial charge on any atom is 0.0992 e. The van der Waals surface area contributed by atoms with E-state index in [0.717, 1.165) is 25.0 Å². The van der Waals surface area contributed by atoms with Gasteiger partial charge in [0.15, 0.2) is 0 Å². The quantitative estimate of drug-likeness (QED) is 0.724. The Morgan fingerprint density at radius 2 is 2.19 bits per heavy atom. The predicted molar refractivity (Wildman–Crippen MR) is 63.3 cm³/mol.